The predicted octanol–water partition coefficient (Wildman–Crippen LogP) is 3.34. The van der Waals surface area contributed by atoms with E-state index in [9.17, 15) is 9.59 Å². The smallest absolute Gasteiger partial charge is 0.274 e. The molecule has 1 amide bonds. The van der Waals surface area contributed by atoms with Crippen LogP contribution in [0.4, 0.5) is 11.4 Å². The molecule has 3 aromatic rings. The van der Waals surface area contributed by atoms with E-state index in [4.69, 9.17) is 4.52 Å². The monoisotopic (exact) mass is 392 g/mol. The quantitative estimate of drug-likeness (QED) is 0.720. The highest BCUT2D eigenvalue weighted by atomic mass is 16.5. The van der Waals surface area contributed by atoms with Crippen molar-refractivity contribution >= 4 is 17.3 Å². The summed E-state index contributed by atoms with van der Waals surface area (Å²) in [4.78, 5) is 26.9. The van der Waals surface area contributed by atoms with Gasteiger partial charge in [0.2, 0.25) is 5.91 Å². The van der Waals surface area contributed by atoms with Crippen LogP contribution in [-0.2, 0) is 11.3 Å². The molecule has 0 atom stereocenters. The van der Waals surface area contributed by atoms with Gasteiger partial charge < -0.3 is 19.3 Å². The van der Waals surface area contributed by atoms with Gasteiger partial charge >= 0.3 is 0 Å². The maximum absolute atomic E-state index is 12.9. The van der Waals surface area contributed by atoms with Gasteiger partial charge in [-0.05, 0) is 44.0 Å². The van der Waals surface area contributed by atoms with Crippen LogP contribution in [0.1, 0.15) is 30.4 Å². The van der Waals surface area contributed by atoms with Gasteiger partial charge in [-0.3, -0.25) is 9.59 Å². The second-order valence-corrected chi connectivity index (χ2v) is 7.46. The molecule has 0 spiro atoms. The molecule has 150 valence electrons. The van der Waals surface area contributed by atoms with Gasteiger partial charge in [-0.15, -0.1) is 0 Å². The normalized spacial score (nSPS) is 13.3. The SMILES string of the molecule is CC(=O)Nc1cc(-c2c(C)noc2C)cn(Cc2ccc(N3CCC3)cc2)c1=O. The Morgan fingerprint density at radius 1 is 1.21 bits per heavy atom. The molecule has 0 radical (unpaired) electrons. The molecule has 1 fully saturated rings. The minimum atomic E-state index is -0.288. The van der Waals surface area contributed by atoms with E-state index in [1.807, 2.05) is 26.0 Å². The number of amides is 1. The Kier molecular flexibility index (Phi) is 4.96. The van der Waals surface area contributed by atoms with Crippen molar-refractivity contribution in [2.75, 3.05) is 23.3 Å². The number of benzene rings is 1. The molecule has 4 rings (SSSR count). The highest BCUT2D eigenvalue weighted by Gasteiger charge is 2.17. The van der Waals surface area contributed by atoms with Gasteiger partial charge in [0.1, 0.15) is 11.4 Å². The van der Waals surface area contributed by atoms with Gasteiger partial charge in [-0.2, -0.15) is 0 Å². The number of rotatable bonds is 5. The zero-order chi connectivity index (χ0) is 20.5. The summed E-state index contributed by atoms with van der Waals surface area (Å²) in [5, 5.41) is 6.65. The molecule has 1 aliphatic heterocycles. The summed E-state index contributed by atoms with van der Waals surface area (Å²) in [5.41, 5.74) is 4.56. The number of carbonyl (C=O) groups is 1. The minimum absolute atomic E-state index is 0.243. The van der Waals surface area contributed by atoms with Crippen molar-refractivity contribution < 1.29 is 9.32 Å². The number of anilines is 2. The molecule has 0 saturated carbocycles. The molecule has 1 N–H and O–H groups in total. The van der Waals surface area contributed by atoms with Gasteiger partial charge in [0.25, 0.3) is 5.56 Å². The first-order valence-corrected chi connectivity index (χ1v) is 9.71. The number of aryl methyl sites for hydroxylation is 2. The average molecular weight is 392 g/mol. The molecule has 2 aromatic heterocycles. The topological polar surface area (TPSA) is 80.4 Å². The number of aromatic nitrogens is 2. The molecule has 7 heteroatoms. The van der Waals surface area contributed by atoms with E-state index in [0.29, 0.717) is 12.3 Å². The predicted molar refractivity (Wildman–Crippen MR) is 112 cm³/mol. The van der Waals surface area contributed by atoms with Crippen LogP contribution in [0, 0.1) is 13.8 Å². The zero-order valence-electron chi connectivity index (χ0n) is 16.9. The number of nitrogens with zero attached hydrogens (tertiary/aromatic N) is 3. The summed E-state index contributed by atoms with van der Waals surface area (Å²) < 4.78 is 6.90. The summed E-state index contributed by atoms with van der Waals surface area (Å²) in [6.07, 6.45) is 3.03. The lowest BCUT2D eigenvalue weighted by Crippen LogP contribution is -2.36. The molecule has 0 unspecified atom stereocenters. The Labute approximate surface area is 168 Å². The number of hydrogen-bond acceptors (Lipinski definition) is 5. The molecule has 0 bridgehead atoms. The fraction of sp³-hybridized carbons (Fsp3) is 0.318. The highest BCUT2D eigenvalue weighted by molar-refractivity contribution is 5.89. The Morgan fingerprint density at radius 3 is 2.48 bits per heavy atom. The fourth-order valence-corrected chi connectivity index (χ4v) is 3.65. The van der Waals surface area contributed by atoms with Crippen LogP contribution in [-0.4, -0.2) is 28.7 Å². The highest BCUT2D eigenvalue weighted by Crippen LogP contribution is 2.28. The molecule has 29 heavy (non-hydrogen) atoms. The van der Waals surface area contributed by atoms with Crippen LogP contribution in [0.25, 0.3) is 11.1 Å². The third-order valence-corrected chi connectivity index (χ3v) is 5.23. The van der Waals surface area contributed by atoms with E-state index in [-0.39, 0.29) is 17.2 Å². The van der Waals surface area contributed by atoms with Gasteiger partial charge in [0.05, 0.1) is 12.2 Å². The van der Waals surface area contributed by atoms with Crippen molar-refractivity contribution in [3.8, 4) is 11.1 Å². The van der Waals surface area contributed by atoms with Crippen molar-refractivity contribution in [2.24, 2.45) is 0 Å². The molecule has 3 heterocycles. The van der Waals surface area contributed by atoms with E-state index < -0.39 is 0 Å². The fourth-order valence-electron chi connectivity index (χ4n) is 3.65. The Balaban J connectivity index is 1.72. The lowest BCUT2D eigenvalue weighted by molar-refractivity contribution is -0.114. The average Bonchev–Trinajstić information content (AvgIpc) is 2.96. The molecular formula is C22H24N4O3. The molecule has 1 aromatic carbocycles. The van der Waals surface area contributed by atoms with Crippen LogP contribution in [0.5, 0.6) is 0 Å². The van der Waals surface area contributed by atoms with E-state index in [0.717, 1.165) is 35.5 Å². The summed E-state index contributed by atoms with van der Waals surface area (Å²) in [6.45, 7) is 7.67. The second kappa shape index (κ2) is 7.58. The first kappa shape index (κ1) is 19.0. The Morgan fingerprint density at radius 2 is 1.93 bits per heavy atom. The number of nitrogens with one attached hydrogen (secondary N) is 1. The molecule has 1 aliphatic rings. The van der Waals surface area contributed by atoms with Crippen LogP contribution in [0.15, 0.2) is 45.8 Å². The maximum atomic E-state index is 12.9. The zero-order valence-corrected chi connectivity index (χ0v) is 16.9. The van der Waals surface area contributed by atoms with Crippen LogP contribution in [0.3, 0.4) is 0 Å². The Bertz CT molecular complexity index is 1090. The van der Waals surface area contributed by atoms with Crippen LogP contribution >= 0.6 is 0 Å². The summed E-state index contributed by atoms with van der Waals surface area (Å²) in [5.74, 6) is 0.379. The van der Waals surface area contributed by atoms with Crippen molar-refractivity contribution in [1.29, 1.82) is 0 Å². The number of carbonyl (C=O) groups excluding carboxylic acids is 1. The van der Waals surface area contributed by atoms with Crippen LogP contribution in [0.2, 0.25) is 0 Å². The third-order valence-electron chi connectivity index (χ3n) is 5.23. The summed E-state index contributed by atoms with van der Waals surface area (Å²) in [6, 6.07) is 9.94. The first-order valence-electron chi connectivity index (χ1n) is 9.71. The lowest BCUT2D eigenvalue weighted by atomic mass is 10.1. The van der Waals surface area contributed by atoms with E-state index in [2.05, 4.69) is 27.5 Å². The van der Waals surface area contributed by atoms with Gasteiger partial charge in [0, 0.05) is 43.0 Å². The van der Waals surface area contributed by atoms with Crippen molar-refractivity contribution in [3.63, 3.8) is 0 Å². The van der Waals surface area contributed by atoms with E-state index >= 15 is 0 Å². The Hall–Kier alpha value is -3.35. The van der Waals surface area contributed by atoms with Gasteiger partial charge in [-0.25, -0.2) is 0 Å². The number of hydrogen-bond donors (Lipinski definition) is 1. The largest absolute Gasteiger partial charge is 0.371 e. The summed E-state index contributed by atoms with van der Waals surface area (Å²) >= 11 is 0. The molecule has 7 nitrogen and oxygen atoms in total. The van der Waals surface area contributed by atoms with Gasteiger partial charge in [0.15, 0.2) is 0 Å². The van der Waals surface area contributed by atoms with E-state index in [1.54, 1.807) is 16.8 Å². The first-order chi connectivity index (χ1) is 13.9. The second-order valence-electron chi connectivity index (χ2n) is 7.46. The molecule has 0 aliphatic carbocycles. The molecule has 1 saturated heterocycles. The lowest BCUT2D eigenvalue weighted by Gasteiger charge is -2.33. The number of pyridine rings is 1. The van der Waals surface area contributed by atoms with Crippen molar-refractivity contribution in [3.05, 3.63) is 63.9 Å². The third kappa shape index (κ3) is 3.81. The van der Waals surface area contributed by atoms with Crippen molar-refractivity contribution in [2.45, 2.75) is 33.7 Å². The van der Waals surface area contributed by atoms with E-state index in [1.165, 1.54) is 19.0 Å². The minimum Gasteiger partial charge on any atom is -0.371 e. The van der Waals surface area contributed by atoms with Crippen LogP contribution < -0.4 is 15.8 Å². The van der Waals surface area contributed by atoms with Crippen molar-refractivity contribution in [1.82, 2.24) is 9.72 Å². The summed E-state index contributed by atoms with van der Waals surface area (Å²) in [7, 11) is 0. The van der Waals surface area contributed by atoms with Gasteiger partial charge in [-0.1, -0.05) is 17.3 Å². The standard InChI is InChI=1S/C22H24N4O3/c1-14-21(15(2)29-24-14)18-11-20(23-16(3)27)22(28)26(13-18)12-17-5-7-19(8-6-17)25-9-4-10-25/h5-8,11,13H,4,9-10,12H2,1-3H3,(H,23,27). The molecular weight excluding hydrogens is 368 g/mol. The maximum Gasteiger partial charge on any atom is 0.274 e.